The van der Waals surface area contributed by atoms with Gasteiger partial charge in [-0.05, 0) is 268 Å². The van der Waals surface area contributed by atoms with Gasteiger partial charge in [0.1, 0.15) is 5.75 Å². The van der Waals surface area contributed by atoms with Crippen molar-refractivity contribution >= 4 is 92.5 Å². The van der Waals surface area contributed by atoms with Gasteiger partial charge < -0.3 is 10.0 Å². The number of nitrogens with zero attached hydrogens (tertiary/aromatic N) is 1. The second kappa shape index (κ2) is 33.2. The van der Waals surface area contributed by atoms with E-state index >= 15 is 0 Å². The van der Waals surface area contributed by atoms with E-state index in [2.05, 4.69) is 452 Å². The van der Waals surface area contributed by atoms with Crippen molar-refractivity contribution in [3.63, 3.8) is 0 Å². The molecule has 3 aliphatic rings. The molecule has 2 nitrogen and oxygen atoms in total. The molecule has 133 heavy (non-hydrogen) atoms. The van der Waals surface area contributed by atoms with Gasteiger partial charge in [0.25, 0.3) is 0 Å². The zero-order chi connectivity index (χ0) is 88.6. The topological polar surface area (TPSA) is 23.5 Å². The van der Waals surface area contributed by atoms with Crippen LogP contribution >= 0.6 is 0 Å². The quantitative estimate of drug-likeness (QED) is 0.0793. The highest BCUT2D eigenvalue weighted by molar-refractivity contribution is 6.45. The maximum Gasteiger partial charge on any atom is 0.121 e. The highest BCUT2D eigenvalue weighted by Gasteiger charge is 2.39. The number of hydrogen-bond acceptors (Lipinski definition) is 2. The number of benzene rings is 22. The van der Waals surface area contributed by atoms with Crippen LogP contribution in [0, 0.1) is 72.1 Å². The zero-order valence-electron chi connectivity index (χ0n) is 72.6. The molecule has 0 saturated carbocycles. The van der Waals surface area contributed by atoms with Crippen molar-refractivity contribution < 1.29 is 5.11 Å². The Morgan fingerprint density at radius 3 is 0.895 bits per heavy atom. The summed E-state index contributed by atoms with van der Waals surface area (Å²) in [7, 11) is 0. The number of hydrogen-bond donors (Lipinski definition) is 1. The molecule has 0 saturated heterocycles. The van der Waals surface area contributed by atoms with Crippen LogP contribution in [-0.4, -0.2) is 5.11 Å². The Morgan fingerprint density at radius 1 is 0.233 bits per heavy atom. The number of aromatic hydroxyl groups is 1. The van der Waals surface area contributed by atoms with Crippen molar-refractivity contribution in [1.82, 2.24) is 0 Å². The van der Waals surface area contributed by atoms with E-state index in [4.69, 9.17) is 12.8 Å². The lowest BCUT2D eigenvalue weighted by atomic mass is 9.78. The number of terminal acetylenes is 2. The molecule has 0 aromatic heterocycles. The molecule has 2 heteroatoms. The van der Waals surface area contributed by atoms with E-state index in [-0.39, 0.29) is 41.3 Å². The summed E-state index contributed by atoms with van der Waals surface area (Å²) in [5, 5.41) is 28.7. The highest BCUT2D eigenvalue weighted by atomic mass is 16.3. The average Bonchev–Trinajstić information content (AvgIpc) is 1.54. The lowest BCUT2D eigenvalue weighted by Gasteiger charge is -2.28. The van der Waals surface area contributed by atoms with Crippen molar-refractivity contribution in [2.75, 3.05) is 4.90 Å². The maximum absolute atomic E-state index is 11.7. The third-order valence-electron chi connectivity index (χ3n) is 27.8. The number of fused-ring (bicyclic) bond motifs is 10. The van der Waals surface area contributed by atoms with Gasteiger partial charge >= 0.3 is 0 Å². The molecule has 22 aromatic rings. The summed E-state index contributed by atoms with van der Waals surface area (Å²) in [6, 6.07) is 154. The van der Waals surface area contributed by atoms with Crippen molar-refractivity contribution in [3.8, 4) is 111 Å². The molecule has 0 radical (unpaired) electrons. The molecule has 3 aliphatic carbocycles. The molecule has 25 rings (SSSR count). The first-order chi connectivity index (χ1) is 65.8. The van der Waals surface area contributed by atoms with E-state index in [0.717, 1.165) is 72.0 Å². The number of phenols is 1. The van der Waals surface area contributed by atoms with Crippen molar-refractivity contribution in [2.45, 2.75) is 41.4 Å². The second-order valence-corrected chi connectivity index (χ2v) is 35.1. The molecule has 0 fully saturated rings. The molecule has 22 aromatic carbocycles. The van der Waals surface area contributed by atoms with E-state index < -0.39 is 5.92 Å². The third-order valence-corrected chi connectivity index (χ3v) is 27.8. The molecule has 4 unspecified atom stereocenters. The summed E-state index contributed by atoms with van der Waals surface area (Å²) in [6.07, 6.45) is 11.6. The number of phenolic OH excluding ortho intramolecular Hbond substituents is 1. The SMILES string of the molecule is C#Cc1cc(C#C)cc(C#CC(c2c(O)ccc3ccccc23)c2cc3ccc4ccc5ccc6ccc7ccc2c2c7c6c5c4c32)c1.C(#CC(c1ccc(N(c2ccc(C(C#Cc3ccccc3)C3c4ccccc4-c4ccccc43)cc2)c2ccc(C(C#Cc3ccccc3)C3c4ccccc4-c4ccccc43)cc2)cc1)C1c2ccccc2-c2ccccc21)c1ccccc1. The first-order valence-corrected chi connectivity index (χ1v) is 45.6. The lowest BCUT2D eigenvalue weighted by molar-refractivity contribution is 0.469. The Balaban J connectivity index is 0.000000171. The summed E-state index contributed by atoms with van der Waals surface area (Å²) in [5.74, 6) is 34.4. The van der Waals surface area contributed by atoms with E-state index in [0.29, 0.717) is 11.1 Å². The van der Waals surface area contributed by atoms with E-state index in [9.17, 15) is 5.11 Å². The van der Waals surface area contributed by atoms with Gasteiger partial charge in [0.15, 0.2) is 0 Å². The molecular formula is C131H81NO. The fourth-order valence-electron chi connectivity index (χ4n) is 21.9. The first kappa shape index (κ1) is 78.8. The number of rotatable bonds is 11. The Bertz CT molecular complexity index is 8020. The Hall–Kier alpha value is -17.6. The summed E-state index contributed by atoms with van der Waals surface area (Å²) in [6.45, 7) is 0. The minimum atomic E-state index is -0.468. The zero-order valence-corrected chi connectivity index (χ0v) is 72.6. The van der Waals surface area contributed by atoms with Gasteiger partial charge in [0.2, 0.25) is 0 Å². The monoisotopic (exact) mass is 1680 g/mol. The van der Waals surface area contributed by atoms with Gasteiger partial charge in [-0.15, -0.1) is 12.8 Å². The Morgan fingerprint density at radius 2 is 0.526 bits per heavy atom. The fraction of sp³-hybridized carbons (Fsp3) is 0.0534. The average molecular weight is 1690 g/mol. The van der Waals surface area contributed by atoms with Crippen LogP contribution in [0.15, 0.2) is 431 Å². The summed E-state index contributed by atoms with van der Waals surface area (Å²) in [5.41, 5.74) is 29.2. The first-order valence-electron chi connectivity index (χ1n) is 45.6. The second-order valence-electron chi connectivity index (χ2n) is 35.1. The van der Waals surface area contributed by atoms with E-state index in [1.54, 1.807) is 6.07 Å². The molecule has 616 valence electrons. The van der Waals surface area contributed by atoms with Crippen molar-refractivity contribution in [3.05, 3.63) is 525 Å². The molecule has 4 atom stereocenters. The van der Waals surface area contributed by atoms with Crippen molar-refractivity contribution in [1.29, 1.82) is 0 Å². The minimum Gasteiger partial charge on any atom is -0.508 e. The van der Waals surface area contributed by atoms with Crippen LogP contribution in [-0.2, 0) is 0 Å². The van der Waals surface area contributed by atoms with Gasteiger partial charge in [-0.3, -0.25) is 0 Å². The summed E-state index contributed by atoms with van der Waals surface area (Å²) >= 11 is 0. The molecule has 0 bridgehead atoms. The van der Waals surface area contributed by atoms with Gasteiger partial charge in [-0.25, -0.2) is 0 Å². The fourth-order valence-corrected chi connectivity index (χ4v) is 21.9. The molecular weight excluding hydrogens is 1600 g/mol. The largest absolute Gasteiger partial charge is 0.508 e. The normalized spacial score (nSPS) is 13.1. The van der Waals surface area contributed by atoms with Crippen LogP contribution in [0.1, 0.15) is 136 Å². The van der Waals surface area contributed by atoms with Crippen LogP contribution in [0.5, 0.6) is 5.75 Å². The van der Waals surface area contributed by atoms with Crippen LogP contribution in [0.2, 0.25) is 0 Å². The smallest absolute Gasteiger partial charge is 0.121 e. The summed E-state index contributed by atoms with van der Waals surface area (Å²) in [4.78, 5) is 2.40. The van der Waals surface area contributed by atoms with Crippen LogP contribution < -0.4 is 4.90 Å². The minimum absolute atomic E-state index is 0.0547. The van der Waals surface area contributed by atoms with Gasteiger partial charge in [-0.1, -0.05) is 387 Å². The third kappa shape index (κ3) is 13.8. The number of anilines is 3. The molecule has 0 aliphatic heterocycles. The van der Waals surface area contributed by atoms with Gasteiger partial charge in [0.05, 0.1) is 23.7 Å². The van der Waals surface area contributed by atoms with E-state index in [1.807, 2.05) is 36.4 Å². The van der Waals surface area contributed by atoms with Crippen LogP contribution in [0.3, 0.4) is 0 Å². The predicted molar refractivity (Wildman–Crippen MR) is 552 cm³/mol. The van der Waals surface area contributed by atoms with E-state index in [1.165, 1.54) is 137 Å². The van der Waals surface area contributed by atoms with Gasteiger partial charge in [0, 0.05) is 73.8 Å². The Kier molecular flexibility index (Phi) is 19.7. The summed E-state index contributed by atoms with van der Waals surface area (Å²) < 4.78 is 0. The standard InChI is InChI=1S/C84H57N.C47H24O/c1-4-22-58(23-5-1)40-55-67(82-76-34-16-10-28-70(76)71-29-11-17-35-77(71)82)61-43-49-64(50-44-61)85(65-51-45-62(46-52-65)68(56-41-59-24-6-2-7-25-59)83-78-36-18-12-30-72(78)73-31-13-19-37-79(73)83)66-53-47-63(48-54-66)69(57-42-60-26-8-3-9-27-60)84-80-38-20-14-32-74(80)75-33-15-21-39-81(75)84;1-3-27-23-28(4-2)25-29(24-27)9-20-37(46-36-8-6-5-7-30(36)19-22-40(46)48)39-26-35-17-16-33-13-11-31-10-12-32-14-15-34-18-21-38(39)47-44(34)42(32)41(31)43(33)45(35)47/h1-39,43-54,67-69,82-84H;1-2,5-8,10-19,21-26,37,48H. The van der Waals surface area contributed by atoms with Crippen molar-refractivity contribution in [2.24, 2.45) is 0 Å². The predicted octanol–water partition coefficient (Wildman–Crippen LogP) is 30.9. The lowest BCUT2D eigenvalue weighted by Crippen LogP contribution is -2.13. The van der Waals surface area contributed by atoms with Crippen LogP contribution in [0.4, 0.5) is 17.1 Å². The Labute approximate surface area is 774 Å². The maximum atomic E-state index is 11.7. The molecule has 1 N–H and O–H groups in total. The van der Waals surface area contributed by atoms with Gasteiger partial charge in [-0.2, -0.15) is 0 Å². The molecule has 0 heterocycles. The van der Waals surface area contributed by atoms with Crippen LogP contribution in [0.25, 0.3) is 109 Å². The highest BCUT2D eigenvalue weighted by Crippen LogP contribution is 2.57. The molecule has 0 spiro atoms. The molecule has 0 amide bonds.